The Labute approximate surface area is 143 Å². The monoisotopic (exact) mass is 337 g/mol. The Morgan fingerprint density at radius 1 is 1.16 bits per heavy atom. The third-order valence-corrected chi connectivity index (χ3v) is 3.77. The normalized spacial score (nSPS) is 10.5. The molecule has 2 aromatic heterocycles. The largest absolute Gasteiger partial charge is 0.318 e. The van der Waals surface area contributed by atoms with Gasteiger partial charge in [0, 0.05) is 31.9 Å². The van der Waals surface area contributed by atoms with Crippen molar-refractivity contribution >= 4 is 11.7 Å². The predicted octanol–water partition coefficient (Wildman–Crippen LogP) is 2.76. The third-order valence-electron chi connectivity index (χ3n) is 3.77. The molecule has 3 aromatic rings. The highest BCUT2D eigenvalue weighted by atomic mass is 19.1. The first-order valence-corrected chi connectivity index (χ1v) is 7.69. The third kappa shape index (κ3) is 3.98. The van der Waals surface area contributed by atoms with Crippen LogP contribution < -0.4 is 10.9 Å². The highest BCUT2D eigenvalue weighted by Crippen LogP contribution is 2.14. The van der Waals surface area contributed by atoms with Gasteiger partial charge in [0.15, 0.2) is 0 Å². The second kappa shape index (κ2) is 7.09. The number of anilines is 1. The van der Waals surface area contributed by atoms with E-state index < -0.39 is 0 Å². The van der Waals surface area contributed by atoms with Crippen LogP contribution in [0.3, 0.4) is 0 Å². The lowest BCUT2D eigenvalue weighted by Crippen LogP contribution is -2.19. The Hall–Kier alpha value is -3.28. The van der Waals surface area contributed by atoms with Crippen LogP contribution in [0.15, 0.2) is 65.7 Å². The molecule has 1 N–H and O–H groups in total. The van der Waals surface area contributed by atoms with Gasteiger partial charge in [-0.25, -0.2) is 9.37 Å². The number of aromatic nitrogens is 2. The standard InChI is InChI=1S/C19H16FN3O2/c1-23-12-15(7-9-18(23)24)19(25)22-17-8-6-13(11-21-17)10-14-4-2-3-5-16(14)20/h2-9,11-12H,10H2,1H3,(H,21,22,25). The van der Waals surface area contributed by atoms with E-state index >= 15 is 0 Å². The van der Waals surface area contributed by atoms with Gasteiger partial charge in [-0.05, 0) is 29.3 Å². The van der Waals surface area contributed by atoms with Crippen molar-refractivity contribution in [3.8, 4) is 0 Å². The fourth-order valence-corrected chi connectivity index (χ4v) is 2.38. The van der Waals surface area contributed by atoms with Crippen molar-refractivity contribution in [2.75, 3.05) is 5.32 Å². The predicted molar refractivity (Wildman–Crippen MR) is 93.1 cm³/mol. The number of aryl methyl sites for hydroxylation is 1. The van der Waals surface area contributed by atoms with Crippen molar-refractivity contribution in [3.63, 3.8) is 0 Å². The van der Waals surface area contributed by atoms with E-state index in [9.17, 15) is 14.0 Å². The molecule has 0 spiro atoms. The van der Waals surface area contributed by atoms with Gasteiger partial charge in [0.1, 0.15) is 11.6 Å². The second-order valence-electron chi connectivity index (χ2n) is 5.64. The van der Waals surface area contributed by atoms with Gasteiger partial charge in [0.25, 0.3) is 5.91 Å². The Balaban J connectivity index is 1.70. The van der Waals surface area contributed by atoms with Crippen molar-refractivity contribution in [1.29, 1.82) is 0 Å². The minimum Gasteiger partial charge on any atom is -0.318 e. The van der Waals surface area contributed by atoms with E-state index in [1.807, 2.05) is 0 Å². The lowest BCUT2D eigenvalue weighted by Gasteiger charge is -2.07. The Morgan fingerprint density at radius 2 is 1.96 bits per heavy atom. The molecule has 0 saturated carbocycles. The number of nitrogens with zero attached hydrogens (tertiary/aromatic N) is 2. The van der Waals surface area contributed by atoms with Gasteiger partial charge in [-0.1, -0.05) is 24.3 Å². The smallest absolute Gasteiger partial charge is 0.258 e. The van der Waals surface area contributed by atoms with Crippen molar-refractivity contribution in [2.24, 2.45) is 7.05 Å². The number of hydrogen-bond donors (Lipinski definition) is 1. The van der Waals surface area contributed by atoms with Crippen molar-refractivity contribution in [3.05, 3.63) is 93.8 Å². The number of rotatable bonds is 4. The minimum absolute atomic E-state index is 0.188. The molecule has 5 nitrogen and oxygen atoms in total. The number of pyridine rings is 2. The summed E-state index contributed by atoms with van der Waals surface area (Å²) in [6, 6.07) is 12.8. The quantitative estimate of drug-likeness (QED) is 0.796. The van der Waals surface area contributed by atoms with Crippen molar-refractivity contribution in [2.45, 2.75) is 6.42 Å². The molecule has 0 atom stereocenters. The zero-order valence-corrected chi connectivity index (χ0v) is 13.6. The molecule has 0 unspecified atom stereocenters. The molecule has 0 radical (unpaired) electrons. The zero-order chi connectivity index (χ0) is 17.8. The Morgan fingerprint density at radius 3 is 2.64 bits per heavy atom. The van der Waals surface area contributed by atoms with Gasteiger partial charge < -0.3 is 9.88 Å². The molecule has 0 aliphatic rings. The number of amides is 1. The maximum atomic E-state index is 13.7. The zero-order valence-electron chi connectivity index (χ0n) is 13.6. The van der Waals surface area contributed by atoms with Crippen LogP contribution in [0.1, 0.15) is 21.5 Å². The van der Waals surface area contributed by atoms with E-state index in [0.29, 0.717) is 23.4 Å². The van der Waals surface area contributed by atoms with Crippen molar-refractivity contribution < 1.29 is 9.18 Å². The van der Waals surface area contributed by atoms with Gasteiger partial charge in [0.05, 0.1) is 5.56 Å². The summed E-state index contributed by atoms with van der Waals surface area (Å²) in [5.41, 5.74) is 1.60. The molecule has 0 fully saturated rings. The van der Waals surface area contributed by atoms with Crippen LogP contribution in [0.25, 0.3) is 0 Å². The van der Waals surface area contributed by atoms with E-state index in [4.69, 9.17) is 0 Å². The van der Waals surface area contributed by atoms with Gasteiger partial charge in [0.2, 0.25) is 5.56 Å². The summed E-state index contributed by atoms with van der Waals surface area (Å²) in [4.78, 5) is 27.7. The van der Waals surface area contributed by atoms with Gasteiger partial charge in [-0.2, -0.15) is 0 Å². The van der Waals surface area contributed by atoms with E-state index in [1.165, 1.54) is 29.0 Å². The molecule has 25 heavy (non-hydrogen) atoms. The summed E-state index contributed by atoms with van der Waals surface area (Å²) >= 11 is 0. The van der Waals surface area contributed by atoms with E-state index in [2.05, 4.69) is 10.3 Å². The SMILES string of the molecule is Cn1cc(C(=O)Nc2ccc(Cc3ccccc3F)cn2)ccc1=O. The summed E-state index contributed by atoms with van der Waals surface area (Å²) in [5.74, 6) is -0.226. The molecule has 0 aliphatic carbocycles. The van der Waals surface area contributed by atoms with E-state index in [-0.39, 0.29) is 17.3 Å². The van der Waals surface area contributed by atoms with Crippen LogP contribution in [-0.2, 0) is 13.5 Å². The molecular formula is C19H16FN3O2. The molecule has 0 bridgehead atoms. The Bertz CT molecular complexity index is 965. The highest BCUT2D eigenvalue weighted by Gasteiger charge is 2.08. The molecule has 0 aliphatic heterocycles. The number of benzene rings is 1. The van der Waals surface area contributed by atoms with Crippen LogP contribution in [0, 0.1) is 5.82 Å². The summed E-state index contributed by atoms with van der Waals surface area (Å²) in [7, 11) is 1.58. The number of carbonyl (C=O) groups is 1. The first kappa shape index (κ1) is 16.6. The molecular weight excluding hydrogens is 321 g/mol. The van der Waals surface area contributed by atoms with E-state index in [0.717, 1.165) is 5.56 Å². The van der Waals surface area contributed by atoms with Crippen LogP contribution in [-0.4, -0.2) is 15.5 Å². The fraction of sp³-hybridized carbons (Fsp3) is 0.105. The molecule has 3 rings (SSSR count). The van der Waals surface area contributed by atoms with Crippen molar-refractivity contribution in [1.82, 2.24) is 9.55 Å². The van der Waals surface area contributed by atoms with Crippen LogP contribution in [0.5, 0.6) is 0 Å². The maximum Gasteiger partial charge on any atom is 0.258 e. The highest BCUT2D eigenvalue weighted by molar-refractivity contribution is 6.03. The summed E-state index contributed by atoms with van der Waals surface area (Å²) < 4.78 is 15.0. The summed E-state index contributed by atoms with van der Waals surface area (Å²) in [6.45, 7) is 0. The fourth-order valence-electron chi connectivity index (χ4n) is 2.38. The summed E-state index contributed by atoms with van der Waals surface area (Å²) in [6.07, 6.45) is 3.49. The summed E-state index contributed by atoms with van der Waals surface area (Å²) in [5, 5.41) is 2.67. The van der Waals surface area contributed by atoms with Gasteiger partial charge in [-0.3, -0.25) is 9.59 Å². The van der Waals surface area contributed by atoms with Gasteiger partial charge >= 0.3 is 0 Å². The van der Waals surface area contributed by atoms with Crippen LogP contribution in [0.2, 0.25) is 0 Å². The lowest BCUT2D eigenvalue weighted by atomic mass is 10.1. The minimum atomic E-state index is -0.357. The first-order chi connectivity index (χ1) is 12.0. The maximum absolute atomic E-state index is 13.7. The molecule has 2 heterocycles. The number of hydrogen-bond acceptors (Lipinski definition) is 3. The number of carbonyl (C=O) groups excluding carboxylic acids is 1. The number of nitrogens with one attached hydrogen (secondary N) is 1. The average molecular weight is 337 g/mol. The van der Waals surface area contributed by atoms with Crippen LogP contribution >= 0.6 is 0 Å². The van der Waals surface area contributed by atoms with Gasteiger partial charge in [-0.15, -0.1) is 0 Å². The average Bonchev–Trinajstić information content (AvgIpc) is 2.61. The molecule has 0 saturated heterocycles. The molecule has 6 heteroatoms. The number of halogens is 1. The van der Waals surface area contributed by atoms with E-state index in [1.54, 1.807) is 43.6 Å². The first-order valence-electron chi connectivity index (χ1n) is 7.69. The lowest BCUT2D eigenvalue weighted by molar-refractivity contribution is 0.102. The molecule has 126 valence electrons. The van der Waals surface area contributed by atoms with Crippen LogP contribution in [0.4, 0.5) is 10.2 Å². The topological polar surface area (TPSA) is 64.0 Å². The Kier molecular flexibility index (Phi) is 4.70. The molecule has 1 amide bonds. The second-order valence-corrected chi connectivity index (χ2v) is 5.64. The molecule has 1 aromatic carbocycles.